The molecular formula is C28H37N5O4. The Kier molecular flexibility index (Phi) is 8.43. The number of alkyl carbamates (subject to hydrolysis) is 1. The standard InChI is InChI=1S/C28H37N5O4/c1-28(2,3)37-27(36)30-16-20-10-8-19(9-11-20)15-29-26(35)23-14-25(21-17-31-33(18-21)12-13-34)32-24-7-5-4-6-22(23)24/h4-7,14,17-20,34H,8-13,15-16H2,1-3H3,(H,29,35)(H,30,36)/t19-,20-. The van der Waals surface area contributed by atoms with Gasteiger partial charge in [0, 0.05) is 30.2 Å². The lowest BCUT2D eigenvalue weighted by atomic mass is 9.82. The molecule has 198 valence electrons. The van der Waals surface area contributed by atoms with Crippen LogP contribution in [-0.4, -0.2) is 57.2 Å². The Morgan fingerprint density at radius 1 is 1.08 bits per heavy atom. The zero-order chi connectivity index (χ0) is 26.4. The minimum Gasteiger partial charge on any atom is -0.444 e. The lowest BCUT2D eigenvalue weighted by molar-refractivity contribution is 0.0512. The molecular weight excluding hydrogens is 470 g/mol. The molecule has 1 aromatic carbocycles. The fraction of sp³-hybridized carbons (Fsp3) is 0.500. The molecule has 0 unspecified atom stereocenters. The number of nitrogens with one attached hydrogen (secondary N) is 2. The number of nitrogens with zero attached hydrogens (tertiary/aromatic N) is 3. The van der Waals surface area contributed by atoms with Crippen molar-refractivity contribution >= 4 is 22.9 Å². The van der Waals surface area contributed by atoms with Gasteiger partial charge in [0.1, 0.15) is 5.60 Å². The summed E-state index contributed by atoms with van der Waals surface area (Å²) in [7, 11) is 0. The van der Waals surface area contributed by atoms with Gasteiger partial charge >= 0.3 is 6.09 Å². The highest BCUT2D eigenvalue weighted by Crippen LogP contribution is 2.29. The summed E-state index contributed by atoms with van der Waals surface area (Å²) in [6.45, 7) is 7.21. The van der Waals surface area contributed by atoms with Crippen molar-refractivity contribution in [1.29, 1.82) is 0 Å². The summed E-state index contributed by atoms with van der Waals surface area (Å²) in [4.78, 5) is 29.9. The van der Waals surface area contributed by atoms with Crippen molar-refractivity contribution < 1.29 is 19.4 Å². The third-order valence-electron chi connectivity index (χ3n) is 6.67. The summed E-state index contributed by atoms with van der Waals surface area (Å²) in [5, 5.41) is 20.3. The number of rotatable bonds is 8. The molecule has 0 saturated heterocycles. The van der Waals surface area contributed by atoms with Crippen LogP contribution in [-0.2, 0) is 11.3 Å². The van der Waals surface area contributed by atoms with Crippen LogP contribution in [0.15, 0.2) is 42.7 Å². The minimum absolute atomic E-state index is 0.00207. The highest BCUT2D eigenvalue weighted by molar-refractivity contribution is 6.07. The van der Waals surface area contributed by atoms with E-state index in [0.717, 1.165) is 42.1 Å². The molecule has 2 aromatic heterocycles. The molecule has 3 N–H and O–H groups in total. The fourth-order valence-electron chi connectivity index (χ4n) is 4.75. The quantitative estimate of drug-likeness (QED) is 0.422. The molecule has 3 aromatic rings. The predicted molar refractivity (Wildman–Crippen MR) is 142 cm³/mol. The number of aromatic nitrogens is 3. The number of fused-ring (bicyclic) bond motifs is 1. The number of ether oxygens (including phenoxy) is 1. The third-order valence-corrected chi connectivity index (χ3v) is 6.67. The lowest BCUT2D eigenvalue weighted by Gasteiger charge is -2.29. The van der Waals surface area contributed by atoms with E-state index in [9.17, 15) is 14.7 Å². The molecule has 1 fully saturated rings. The molecule has 0 radical (unpaired) electrons. The number of carbonyl (C=O) groups is 2. The van der Waals surface area contributed by atoms with Gasteiger partial charge in [-0.15, -0.1) is 0 Å². The summed E-state index contributed by atoms with van der Waals surface area (Å²) >= 11 is 0. The second-order valence-electron chi connectivity index (χ2n) is 10.8. The molecule has 1 aliphatic rings. The van der Waals surface area contributed by atoms with Gasteiger partial charge in [-0.05, 0) is 70.4 Å². The van der Waals surface area contributed by atoms with Crippen molar-refractivity contribution in [2.75, 3.05) is 19.7 Å². The molecule has 1 aliphatic carbocycles. The van der Waals surface area contributed by atoms with Crippen molar-refractivity contribution in [2.24, 2.45) is 11.8 Å². The fourth-order valence-corrected chi connectivity index (χ4v) is 4.75. The van der Waals surface area contributed by atoms with Gasteiger partial charge in [0.15, 0.2) is 0 Å². The molecule has 9 nitrogen and oxygen atoms in total. The summed E-state index contributed by atoms with van der Waals surface area (Å²) in [5.74, 6) is 0.722. The highest BCUT2D eigenvalue weighted by Gasteiger charge is 2.24. The van der Waals surface area contributed by atoms with Crippen molar-refractivity contribution in [2.45, 2.75) is 58.6 Å². The number of benzene rings is 1. The molecule has 0 atom stereocenters. The molecule has 2 heterocycles. The van der Waals surface area contributed by atoms with E-state index in [1.807, 2.05) is 57.3 Å². The van der Waals surface area contributed by atoms with Crippen LogP contribution in [0.3, 0.4) is 0 Å². The SMILES string of the molecule is CC(C)(C)OC(=O)NC[C@H]1CC[C@H](CNC(=O)c2cc(-c3cnn(CCO)c3)nc3ccccc23)CC1. The van der Waals surface area contributed by atoms with Crippen LogP contribution in [0.2, 0.25) is 0 Å². The van der Waals surface area contributed by atoms with Gasteiger partial charge in [-0.1, -0.05) is 18.2 Å². The zero-order valence-corrected chi connectivity index (χ0v) is 21.9. The van der Waals surface area contributed by atoms with E-state index in [1.165, 1.54) is 0 Å². The van der Waals surface area contributed by atoms with Crippen LogP contribution >= 0.6 is 0 Å². The summed E-state index contributed by atoms with van der Waals surface area (Å²) in [6, 6.07) is 9.45. The van der Waals surface area contributed by atoms with Crippen LogP contribution in [0.5, 0.6) is 0 Å². The molecule has 9 heteroatoms. The Balaban J connectivity index is 1.35. The Bertz CT molecular complexity index is 1220. The predicted octanol–water partition coefficient (Wildman–Crippen LogP) is 4.15. The van der Waals surface area contributed by atoms with Gasteiger partial charge in [0.25, 0.3) is 5.91 Å². The van der Waals surface area contributed by atoms with E-state index >= 15 is 0 Å². The summed E-state index contributed by atoms with van der Waals surface area (Å²) < 4.78 is 6.98. The minimum atomic E-state index is -0.497. The molecule has 4 rings (SSSR count). The maximum absolute atomic E-state index is 13.3. The first-order chi connectivity index (χ1) is 17.7. The number of pyridine rings is 1. The van der Waals surface area contributed by atoms with Gasteiger partial charge in [0.05, 0.1) is 36.1 Å². The van der Waals surface area contributed by atoms with Crippen molar-refractivity contribution in [3.63, 3.8) is 0 Å². The number of aliphatic hydroxyl groups is 1. The van der Waals surface area contributed by atoms with Crippen LogP contribution in [0.4, 0.5) is 4.79 Å². The molecule has 0 aliphatic heterocycles. The number of carbonyl (C=O) groups excluding carboxylic acids is 2. The molecule has 37 heavy (non-hydrogen) atoms. The van der Waals surface area contributed by atoms with Gasteiger partial charge in [-0.25, -0.2) is 9.78 Å². The van der Waals surface area contributed by atoms with Crippen molar-refractivity contribution in [3.05, 3.63) is 48.3 Å². The van der Waals surface area contributed by atoms with E-state index in [-0.39, 0.29) is 18.6 Å². The van der Waals surface area contributed by atoms with E-state index in [4.69, 9.17) is 9.72 Å². The van der Waals surface area contributed by atoms with Gasteiger partial charge < -0.3 is 20.5 Å². The third kappa shape index (κ3) is 7.29. The lowest BCUT2D eigenvalue weighted by Crippen LogP contribution is -2.37. The van der Waals surface area contributed by atoms with Crippen molar-refractivity contribution in [3.8, 4) is 11.3 Å². The molecule has 0 spiro atoms. The summed E-state index contributed by atoms with van der Waals surface area (Å²) in [6.07, 6.45) is 7.19. The smallest absolute Gasteiger partial charge is 0.407 e. The number of para-hydroxylation sites is 1. The Morgan fingerprint density at radius 3 is 2.43 bits per heavy atom. The number of hydrogen-bond donors (Lipinski definition) is 3. The van der Waals surface area contributed by atoms with Crippen molar-refractivity contribution in [1.82, 2.24) is 25.4 Å². The molecule has 0 bridgehead atoms. The van der Waals surface area contributed by atoms with E-state index in [1.54, 1.807) is 10.9 Å². The second-order valence-corrected chi connectivity index (χ2v) is 10.8. The number of aliphatic hydroxyl groups excluding tert-OH is 1. The van der Waals surface area contributed by atoms with Crippen LogP contribution < -0.4 is 10.6 Å². The topological polar surface area (TPSA) is 118 Å². The monoisotopic (exact) mass is 507 g/mol. The van der Waals surface area contributed by atoms with Crippen LogP contribution in [0, 0.1) is 11.8 Å². The molecule has 2 amide bonds. The average Bonchev–Trinajstić information content (AvgIpc) is 3.34. The van der Waals surface area contributed by atoms with E-state index in [2.05, 4.69) is 15.7 Å². The maximum atomic E-state index is 13.3. The zero-order valence-electron chi connectivity index (χ0n) is 21.9. The average molecular weight is 508 g/mol. The van der Waals surface area contributed by atoms with Crippen LogP contribution in [0.1, 0.15) is 56.8 Å². The van der Waals surface area contributed by atoms with E-state index in [0.29, 0.717) is 42.7 Å². The number of amides is 2. The highest BCUT2D eigenvalue weighted by atomic mass is 16.6. The largest absolute Gasteiger partial charge is 0.444 e. The van der Waals surface area contributed by atoms with Gasteiger partial charge in [-0.3, -0.25) is 9.48 Å². The number of hydrogen-bond acceptors (Lipinski definition) is 6. The maximum Gasteiger partial charge on any atom is 0.407 e. The Morgan fingerprint density at radius 2 is 1.76 bits per heavy atom. The first-order valence-electron chi connectivity index (χ1n) is 13.0. The Labute approximate surface area is 217 Å². The second kappa shape index (κ2) is 11.7. The van der Waals surface area contributed by atoms with E-state index < -0.39 is 5.60 Å². The summed E-state index contributed by atoms with van der Waals surface area (Å²) in [5.41, 5.74) is 2.31. The molecule has 1 saturated carbocycles. The van der Waals surface area contributed by atoms with Gasteiger partial charge in [0.2, 0.25) is 0 Å². The first-order valence-corrected chi connectivity index (χ1v) is 13.0. The first kappa shape index (κ1) is 26.6. The van der Waals surface area contributed by atoms with Gasteiger partial charge in [-0.2, -0.15) is 5.10 Å². The van der Waals surface area contributed by atoms with Crippen LogP contribution in [0.25, 0.3) is 22.2 Å². The Hall–Kier alpha value is -3.46. The normalized spacial score (nSPS) is 17.9.